The van der Waals surface area contributed by atoms with Gasteiger partial charge in [-0.2, -0.15) is 5.10 Å². The normalized spacial score (nSPS) is 12.7. The van der Waals surface area contributed by atoms with Crippen LogP contribution in [0.25, 0.3) is 0 Å². The molecule has 0 aliphatic rings. The standard InChI is InChI=1S/C16H22BrN3O/c1-5-21-13-8-6-12(7-9-13)15(18-4)16-14(17)10-19-20(16)11(2)3/h6-11,15,18H,5H2,1-4H3. The summed E-state index contributed by atoms with van der Waals surface area (Å²) < 4.78 is 8.56. The summed E-state index contributed by atoms with van der Waals surface area (Å²) in [6.07, 6.45) is 1.86. The van der Waals surface area contributed by atoms with Crippen molar-refractivity contribution >= 4 is 15.9 Å². The average molecular weight is 352 g/mol. The summed E-state index contributed by atoms with van der Waals surface area (Å²) in [5.41, 5.74) is 2.32. The first-order chi connectivity index (χ1) is 10.1. The van der Waals surface area contributed by atoms with Crippen molar-refractivity contribution in [2.24, 2.45) is 0 Å². The molecule has 1 unspecified atom stereocenters. The molecule has 0 spiro atoms. The molecule has 0 fully saturated rings. The monoisotopic (exact) mass is 351 g/mol. The minimum absolute atomic E-state index is 0.0833. The molecule has 0 amide bonds. The van der Waals surface area contributed by atoms with E-state index in [2.05, 4.69) is 52.3 Å². The first-order valence-electron chi connectivity index (χ1n) is 7.21. The smallest absolute Gasteiger partial charge is 0.119 e. The lowest BCUT2D eigenvalue weighted by molar-refractivity contribution is 0.340. The Morgan fingerprint density at radius 2 is 1.95 bits per heavy atom. The molecule has 1 atom stereocenters. The quantitative estimate of drug-likeness (QED) is 0.856. The molecule has 1 heterocycles. The van der Waals surface area contributed by atoms with Gasteiger partial charge in [-0.3, -0.25) is 4.68 Å². The second-order valence-electron chi connectivity index (χ2n) is 5.14. The van der Waals surface area contributed by atoms with Gasteiger partial charge in [0.15, 0.2) is 0 Å². The Morgan fingerprint density at radius 1 is 1.29 bits per heavy atom. The van der Waals surface area contributed by atoms with Crippen molar-refractivity contribution in [3.05, 3.63) is 46.2 Å². The van der Waals surface area contributed by atoms with Crippen LogP contribution in [0, 0.1) is 0 Å². The predicted molar refractivity (Wildman–Crippen MR) is 88.8 cm³/mol. The van der Waals surface area contributed by atoms with Crippen molar-refractivity contribution in [1.29, 1.82) is 0 Å². The van der Waals surface area contributed by atoms with Crippen LogP contribution < -0.4 is 10.1 Å². The number of hydrogen-bond donors (Lipinski definition) is 1. The first kappa shape index (κ1) is 16.0. The maximum Gasteiger partial charge on any atom is 0.119 e. The fourth-order valence-electron chi connectivity index (χ4n) is 2.42. The summed E-state index contributed by atoms with van der Waals surface area (Å²) in [7, 11) is 1.96. The molecule has 1 N–H and O–H groups in total. The highest BCUT2D eigenvalue weighted by Crippen LogP contribution is 2.31. The van der Waals surface area contributed by atoms with Gasteiger partial charge in [0.1, 0.15) is 5.75 Å². The third-order valence-corrected chi connectivity index (χ3v) is 3.97. The van der Waals surface area contributed by atoms with Crippen LogP contribution in [-0.4, -0.2) is 23.4 Å². The van der Waals surface area contributed by atoms with Gasteiger partial charge < -0.3 is 10.1 Å². The van der Waals surface area contributed by atoms with Gasteiger partial charge in [0, 0.05) is 6.04 Å². The summed E-state index contributed by atoms with van der Waals surface area (Å²) in [4.78, 5) is 0. The molecule has 0 radical (unpaired) electrons. The minimum Gasteiger partial charge on any atom is -0.494 e. The number of nitrogens with one attached hydrogen (secondary N) is 1. The number of aromatic nitrogens is 2. The van der Waals surface area contributed by atoms with Crippen molar-refractivity contribution in [2.75, 3.05) is 13.7 Å². The lowest BCUT2D eigenvalue weighted by Crippen LogP contribution is -2.22. The van der Waals surface area contributed by atoms with E-state index in [1.54, 1.807) is 0 Å². The molecule has 2 aromatic rings. The van der Waals surface area contributed by atoms with Crippen molar-refractivity contribution in [3.63, 3.8) is 0 Å². The summed E-state index contributed by atoms with van der Waals surface area (Å²) >= 11 is 3.62. The Balaban J connectivity index is 2.37. The number of rotatable bonds is 6. The second kappa shape index (κ2) is 7.09. The van der Waals surface area contributed by atoms with Crippen molar-refractivity contribution in [2.45, 2.75) is 32.9 Å². The van der Waals surface area contributed by atoms with Gasteiger partial charge in [0.2, 0.25) is 0 Å². The maximum atomic E-state index is 5.50. The lowest BCUT2D eigenvalue weighted by atomic mass is 10.0. The number of nitrogens with zero attached hydrogens (tertiary/aromatic N) is 2. The first-order valence-corrected chi connectivity index (χ1v) is 8.00. The molecule has 21 heavy (non-hydrogen) atoms. The van der Waals surface area contributed by atoms with E-state index in [1.807, 2.05) is 37.0 Å². The molecule has 0 saturated heterocycles. The van der Waals surface area contributed by atoms with Gasteiger partial charge in [-0.1, -0.05) is 12.1 Å². The minimum atomic E-state index is 0.0833. The van der Waals surface area contributed by atoms with Gasteiger partial charge >= 0.3 is 0 Å². The van der Waals surface area contributed by atoms with E-state index >= 15 is 0 Å². The van der Waals surface area contributed by atoms with E-state index in [9.17, 15) is 0 Å². The Kier molecular flexibility index (Phi) is 5.42. The van der Waals surface area contributed by atoms with Crippen molar-refractivity contribution in [3.8, 4) is 5.75 Å². The molecule has 2 rings (SSSR count). The molecular formula is C16H22BrN3O. The summed E-state index contributed by atoms with van der Waals surface area (Å²) in [6.45, 7) is 6.94. The number of halogens is 1. The molecule has 4 nitrogen and oxygen atoms in total. The highest BCUT2D eigenvalue weighted by molar-refractivity contribution is 9.10. The van der Waals surface area contributed by atoms with Crippen molar-refractivity contribution in [1.82, 2.24) is 15.1 Å². The Labute approximate surface area is 134 Å². The van der Waals surface area contributed by atoms with Crippen LogP contribution in [0.3, 0.4) is 0 Å². The highest BCUT2D eigenvalue weighted by atomic mass is 79.9. The van der Waals surface area contributed by atoms with E-state index < -0.39 is 0 Å². The van der Waals surface area contributed by atoms with Gasteiger partial charge in [-0.25, -0.2) is 0 Å². The Bertz CT molecular complexity index is 578. The Hall–Kier alpha value is -1.33. The molecule has 0 saturated carbocycles. The van der Waals surface area contributed by atoms with E-state index in [-0.39, 0.29) is 6.04 Å². The van der Waals surface area contributed by atoms with Crippen LogP contribution in [-0.2, 0) is 0 Å². The SMILES string of the molecule is CCOc1ccc(C(NC)c2c(Br)cnn2C(C)C)cc1. The fraction of sp³-hybridized carbons (Fsp3) is 0.438. The topological polar surface area (TPSA) is 39.1 Å². The second-order valence-corrected chi connectivity index (χ2v) is 5.99. The Morgan fingerprint density at radius 3 is 2.48 bits per heavy atom. The van der Waals surface area contributed by atoms with Crippen LogP contribution in [0.1, 0.15) is 44.1 Å². The zero-order chi connectivity index (χ0) is 15.4. The summed E-state index contributed by atoms with van der Waals surface area (Å²) in [5, 5.41) is 7.84. The molecule has 1 aromatic carbocycles. The average Bonchev–Trinajstić information content (AvgIpc) is 2.84. The third-order valence-electron chi connectivity index (χ3n) is 3.36. The number of benzene rings is 1. The van der Waals surface area contributed by atoms with Crippen LogP contribution in [0.2, 0.25) is 0 Å². The highest BCUT2D eigenvalue weighted by Gasteiger charge is 2.21. The fourth-order valence-corrected chi connectivity index (χ4v) is 2.92. The van der Waals surface area contributed by atoms with Gasteiger partial charge in [0.05, 0.1) is 29.0 Å². The van der Waals surface area contributed by atoms with Gasteiger partial charge in [0.25, 0.3) is 0 Å². The van der Waals surface area contributed by atoms with Gasteiger partial charge in [-0.05, 0) is 61.4 Å². The third kappa shape index (κ3) is 3.47. The van der Waals surface area contributed by atoms with Crippen LogP contribution >= 0.6 is 15.9 Å². The molecular weight excluding hydrogens is 330 g/mol. The molecule has 0 aliphatic heterocycles. The van der Waals surface area contributed by atoms with Crippen LogP contribution in [0.15, 0.2) is 34.9 Å². The molecule has 1 aromatic heterocycles. The predicted octanol–water partition coefficient (Wildman–Crippen LogP) is 3.93. The summed E-state index contributed by atoms with van der Waals surface area (Å²) in [5.74, 6) is 0.896. The maximum absolute atomic E-state index is 5.50. The van der Waals surface area contributed by atoms with E-state index in [0.29, 0.717) is 12.6 Å². The zero-order valence-corrected chi connectivity index (χ0v) is 14.5. The van der Waals surface area contributed by atoms with E-state index in [4.69, 9.17) is 4.74 Å². The van der Waals surface area contributed by atoms with E-state index in [1.165, 1.54) is 5.56 Å². The van der Waals surface area contributed by atoms with Crippen molar-refractivity contribution < 1.29 is 4.74 Å². The number of ether oxygens (including phenoxy) is 1. The lowest BCUT2D eigenvalue weighted by Gasteiger charge is -2.21. The van der Waals surface area contributed by atoms with Gasteiger partial charge in [-0.15, -0.1) is 0 Å². The van der Waals surface area contributed by atoms with Crippen LogP contribution in [0.4, 0.5) is 0 Å². The molecule has 0 bridgehead atoms. The molecule has 5 heteroatoms. The number of hydrogen-bond acceptors (Lipinski definition) is 3. The summed E-state index contributed by atoms with van der Waals surface area (Å²) in [6, 6.07) is 8.59. The molecule has 0 aliphatic carbocycles. The van der Waals surface area contributed by atoms with Crippen LogP contribution in [0.5, 0.6) is 5.75 Å². The largest absolute Gasteiger partial charge is 0.494 e. The molecule has 114 valence electrons. The zero-order valence-electron chi connectivity index (χ0n) is 12.9. The van der Waals surface area contributed by atoms with E-state index in [0.717, 1.165) is 15.9 Å².